The molecule has 5 nitrogen and oxygen atoms in total. The molecule has 2 heterocycles. The summed E-state index contributed by atoms with van der Waals surface area (Å²) in [6.45, 7) is 1.86. The standard InChI is InChI=1S/C13H13N3O2S3/c1-9(8-10-4-3-7-19-10)16-21(17,18)12-6-2-5-11-13(12)15-20-14-11/h2-7,9,16H,8H2,1H3. The minimum Gasteiger partial charge on any atom is -0.208 e. The van der Waals surface area contributed by atoms with Crippen LogP contribution in [-0.2, 0) is 16.4 Å². The van der Waals surface area contributed by atoms with E-state index in [1.807, 2.05) is 24.4 Å². The molecule has 21 heavy (non-hydrogen) atoms. The van der Waals surface area contributed by atoms with Crippen molar-refractivity contribution in [1.82, 2.24) is 13.5 Å². The van der Waals surface area contributed by atoms with E-state index >= 15 is 0 Å². The van der Waals surface area contributed by atoms with Crippen LogP contribution in [0.4, 0.5) is 0 Å². The van der Waals surface area contributed by atoms with Crippen LogP contribution in [0.2, 0.25) is 0 Å². The Bertz CT molecular complexity index is 841. The summed E-state index contributed by atoms with van der Waals surface area (Å²) in [6.07, 6.45) is 0.669. The van der Waals surface area contributed by atoms with Crippen molar-refractivity contribution in [2.24, 2.45) is 0 Å². The molecular weight excluding hydrogens is 326 g/mol. The molecule has 1 aromatic carbocycles. The molecule has 0 amide bonds. The fourth-order valence-electron chi connectivity index (χ4n) is 2.10. The highest BCUT2D eigenvalue weighted by molar-refractivity contribution is 7.89. The molecule has 0 saturated heterocycles. The third-order valence-electron chi connectivity index (χ3n) is 2.98. The van der Waals surface area contributed by atoms with Gasteiger partial charge in [0.05, 0.1) is 11.7 Å². The summed E-state index contributed by atoms with van der Waals surface area (Å²) in [4.78, 5) is 1.34. The van der Waals surface area contributed by atoms with E-state index in [1.165, 1.54) is 0 Å². The van der Waals surface area contributed by atoms with E-state index in [9.17, 15) is 8.42 Å². The Balaban J connectivity index is 1.85. The molecule has 0 bridgehead atoms. The normalized spacial score (nSPS) is 13.6. The van der Waals surface area contributed by atoms with Crippen molar-refractivity contribution in [3.05, 3.63) is 40.6 Å². The first kappa shape index (κ1) is 14.6. The number of sulfonamides is 1. The van der Waals surface area contributed by atoms with Gasteiger partial charge < -0.3 is 0 Å². The van der Waals surface area contributed by atoms with Gasteiger partial charge in [0.25, 0.3) is 0 Å². The topological polar surface area (TPSA) is 72.0 Å². The van der Waals surface area contributed by atoms with Crippen LogP contribution in [0.1, 0.15) is 11.8 Å². The van der Waals surface area contributed by atoms with Gasteiger partial charge in [-0.3, -0.25) is 0 Å². The summed E-state index contributed by atoms with van der Waals surface area (Å²) in [5.41, 5.74) is 1.03. The molecule has 0 fully saturated rings. The number of aromatic nitrogens is 2. The summed E-state index contributed by atoms with van der Waals surface area (Å²) in [5, 5.41) is 1.98. The molecule has 1 unspecified atom stereocenters. The van der Waals surface area contributed by atoms with Crippen LogP contribution in [0.5, 0.6) is 0 Å². The van der Waals surface area contributed by atoms with Crippen molar-refractivity contribution in [1.29, 1.82) is 0 Å². The highest BCUT2D eigenvalue weighted by Gasteiger charge is 2.21. The van der Waals surface area contributed by atoms with Gasteiger partial charge in [-0.1, -0.05) is 12.1 Å². The Morgan fingerprint density at radius 2 is 2.10 bits per heavy atom. The summed E-state index contributed by atoms with van der Waals surface area (Å²) in [6, 6.07) is 8.78. The molecule has 3 rings (SSSR count). The number of fused-ring (bicyclic) bond motifs is 1. The first-order valence-electron chi connectivity index (χ1n) is 6.32. The van der Waals surface area contributed by atoms with E-state index in [2.05, 4.69) is 13.5 Å². The Kier molecular flexibility index (Phi) is 4.03. The lowest BCUT2D eigenvalue weighted by Gasteiger charge is -2.13. The predicted molar refractivity (Wildman–Crippen MR) is 85.2 cm³/mol. The predicted octanol–water partition coefficient (Wildman–Crippen LogP) is 2.66. The van der Waals surface area contributed by atoms with E-state index in [4.69, 9.17) is 0 Å². The largest absolute Gasteiger partial charge is 0.243 e. The Morgan fingerprint density at radius 1 is 1.24 bits per heavy atom. The number of thiophene rings is 1. The lowest BCUT2D eigenvalue weighted by Crippen LogP contribution is -2.34. The number of hydrogen-bond acceptors (Lipinski definition) is 6. The fraction of sp³-hybridized carbons (Fsp3) is 0.231. The first-order chi connectivity index (χ1) is 10.1. The van der Waals surface area contributed by atoms with Crippen molar-refractivity contribution in [3.63, 3.8) is 0 Å². The Labute approximate surface area is 131 Å². The zero-order valence-electron chi connectivity index (χ0n) is 11.2. The maximum Gasteiger partial charge on any atom is 0.243 e. The zero-order chi connectivity index (χ0) is 14.9. The maximum atomic E-state index is 12.5. The average molecular weight is 339 g/mol. The Hall–Kier alpha value is -1.35. The summed E-state index contributed by atoms with van der Waals surface area (Å²) < 4.78 is 35.9. The quantitative estimate of drug-likeness (QED) is 0.776. The molecular formula is C13H13N3O2S3. The third kappa shape index (κ3) is 3.13. The first-order valence-corrected chi connectivity index (χ1v) is 9.41. The van der Waals surface area contributed by atoms with Crippen LogP contribution < -0.4 is 4.72 Å². The molecule has 3 aromatic rings. The summed E-state index contributed by atoms with van der Waals surface area (Å²) in [7, 11) is -3.60. The molecule has 1 atom stereocenters. The van der Waals surface area contributed by atoms with Gasteiger partial charge in [-0.15, -0.1) is 11.3 Å². The molecule has 0 aliphatic carbocycles. The third-order valence-corrected chi connectivity index (χ3v) is 6.04. The average Bonchev–Trinajstić information content (AvgIpc) is 3.07. The molecule has 0 spiro atoms. The second kappa shape index (κ2) is 5.80. The molecule has 0 aliphatic heterocycles. The lowest BCUT2D eigenvalue weighted by atomic mass is 10.2. The lowest BCUT2D eigenvalue weighted by molar-refractivity contribution is 0.561. The number of nitrogens with one attached hydrogen (secondary N) is 1. The van der Waals surface area contributed by atoms with E-state index < -0.39 is 10.0 Å². The number of rotatable bonds is 5. The molecule has 0 saturated carbocycles. The summed E-state index contributed by atoms with van der Waals surface area (Å²) in [5.74, 6) is 0. The molecule has 2 aromatic heterocycles. The van der Waals surface area contributed by atoms with Crippen LogP contribution in [0.3, 0.4) is 0 Å². The van der Waals surface area contributed by atoms with Gasteiger partial charge in [-0.2, -0.15) is 8.75 Å². The van der Waals surface area contributed by atoms with E-state index in [1.54, 1.807) is 29.5 Å². The van der Waals surface area contributed by atoms with Gasteiger partial charge in [0.1, 0.15) is 15.9 Å². The van der Waals surface area contributed by atoms with E-state index in [-0.39, 0.29) is 10.9 Å². The van der Waals surface area contributed by atoms with Crippen molar-refractivity contribution >= 4 is 44.1 Å². The van der Waals surface area contributed by atoms with E-state index in [0.29, 0.717) is 17.5 Å². The van der Waals surface area contributed by atoms with Crippen LogP contribution in [0.25, 0.3) is 11.0 Å². The second-order valence-corrected chi connectivity index (χ2v) is 7.94. The smallest absolute Gasteiger partial charge is 0.208 e. The van der Waals surface area contributed by atoms with Gasteiger partial charge in [0.2, 0.25) is 10.0 Å². The minimum absolute atomic E-state index is 0.185. The molecule has 110 valence electrons. The van der Waals surface area contributed by atoms with Crippen molar-refractivity contribution < 1.29 is 8.42 Å². The van der Waals surface area contributed by atoms with Gasteiger partial charge in [-0.25, -0.2) is 13.1 Å². The van der Waals surface area contributed by atoms with Gasteiger partial charge in [0, 0.05) is 10.9 Å². The number of hydrogen-bond donors (Lipinski definition) is 1. The van der Waals surface area contributed by atoms with Crippen molar-refractivity contribution in [2.75, 3.05) is 0 Å². The minimum atomic E-state index is -3.60. The molecule has 1 N–H and O–H groups in total. The molecule has 0 aliphatic rings. The van der Waals surface area contributed by atoms with Gasteiger partial charge in [0.15, 0.2) is 0 Å². The van der Waals surface area contributed by atoms with E-state index in [0.717, 1.165) is 16.6 Å². The monoisotopic (exact) mass is 339 g/mol. The van der Waals surface area contributed by atoms with Gasteiger partial charge >= 0.3 is 0 Å². The van der Waals surface area contributed by atoms with Crippen LogP contribution in [-0.4, -0.2) is 23.2 Å². The molecule has 0 radical (unpaired) electrons. The zero-order valence-corrected chi connectivity index (χ0v) is 13.6. The van der Waals surface area contributed by atoms with Crippen LogP contribution in [0.15, 0.2) is 40.6 Å². The fourth-order valence-corrected chi connectivity index (χ4v) is 4.94. The van der Waals surface area contributed by atoms with Crippen molar-refractivity contribution in [3.8, 4) is 0 Å². The second-order valence-electron chi connectivity index (χ2n) is 4.69. The van der Waals surface area contributed by atoms with Crippen LogP contribution >= 0.6 is 23.1 Å². The molecule has 8 heteroatoms. The SMILES string of the molecule is CC(Cc1cccs1)NS(=O)(=O)c1cccc2nsnc12. The van der Waals surface area contributed by atoms with Crippen LogP contribution in [0, 0.1) is 0 Å². The maximum absolute atomic E-state index is 12.5. The highest BCUT2D eigenvalue weighted by Crippen LogP contribution is 2.21. The highest BCUT2D eigenvalue weighted by atomic mass is 32.2. The number of nitrogens with zero attached hydrogens (tertiary/aromatic N) is 2. The number of benzene rings is 1. The van der Waals surface area contributed by atoms with Crippen molar-refractivity contribution in [2.45, 2.75) is 24.3 Å². The Morgan fingerprint density at radius 3 is 2.86 bits per heavy atom. The summed E-state index contributed by atoms with van der Waals surface area (Å²) >= 11 is 2.64. The van der Waals surface area contributed by atoms with Gasteiger partial charge in [-0.05, 0) is 36.9 Å².